The van der Waals surface area contributed by atoms with Crippen molar-refractivity contribution in [3.05, 3.63) is 11.3 Å². The number of aromatic nitrogens is 2. The number of ether oxygens (including phenoxy) is 2. The summed E-state index contributed by atoms with van der Waals surface area (Å²) < 4.78 is 108. The summed E-state index contributed by atoms with van der Waals surface area (Å²) in [4.78, 5) is 10.6. The maximum atomic E-state index is 13.0. The van der Waals surface area contributed by atoms with E-state index in [4.69, 9.17) is 0 Å². The highest BCUT2D eigenvalue weighted by Crippen LogP contribution is 2.49. The third-order valence-electron chi connectivity index (χ3n) is 2.03. The number of carbonyl (C=O) groups is 1. The van der Waals surface area contributed by atoms with Gasteiger partial charge in [-0.05, 0) is 0 Å². The summed E-state index contributed by atoms with van der Waals surface area (Å²) in [6, 6.07) is 0. The van der Waals surface area contributed by atoms with Gasteiger partial charge < -0.3 is 9.47 Å². The second-order valence-corrected chi connectivity index (χ2v) is 3.40. The lowest BCUT2D eigenvalue weighted by Crippen LogP contribution is -2.36. The summed E-state index contributed by atoms with van der Waals surface area (Å²) in [5, 5.41) is 3.39. The van der Waals surface area contributed by atoms with Gasteiger partial charge in [-0.25, -0.2) is 4.79 Å². The van der Waals surface area contributed by atoms with Crippen LogP contribution in [-0.4, -0.2) is 29.6 Å². The highest BCUT2D eigenvalue weighted by Gasteiger charge is 2.63. The summed E-state index contributed by atoms with van der Waals surface area (Å²) >= 11 is 0. The number of carbonyl (C=O) groups excluding carboxylic acids is 1. The number of hydrogen-bond donors (Lipinski definition) is 1. The average Bonchev–Trinajstić information content (AvgIpc) is 2.71. The van der Waals surface area contributed by atoms with E-state index in [0.29, 0.717) is 7.11 Å². The molecule has 0 atom stereocenters. The Morgan fingerprint density at radius 3 is 2.00 bits per heavy atom. The number of methoxy groups -OCH3 is 1. The van der Waals surface area contributed by atoms with Crippen LogP contribution < -0.4 is 4.74 Å². The quantitative estimate of drug-likeness (QED) is 0.669. The maximum Gasteiger partial charge on any atom is 0.514 e. The Morgan fingerprint density at radius 2 is 1.62 bits per heavy atom. The van der Waals surface area contributed by atoms with E-state index in [1.165, 1.54) is 0 Å². The van der Waals surface area contributed by atoms with Crippen LogP contribution in [-0.2, 0) is 16.8 Å². The molecule has 0 amide bonds. The number of H-pyrrole nitrogens is 1. The van der Waals surface area contributed by atoms with Crippen LogP contribution in [0.3, 0.4) is 0 Å². The molecule has 13 heteroatoms. The molecule has 1 heterocycles. The van der Waals surface area contributed by atoms with Gasteiger partial charge in [0.1, 0.15) is 11.3 Å². The molecule has 0 saturated heterocycles. The number of nitrogens with one attached hydrogen (secondary N) is 1. The van der Waals surface area contributed by atoms with Crippen LogP contribution in [0, 0.1) is 0 Å². The monoisotopic (exact) mass is 328 g/mol. The molecule has 1 rings (SSSR count). The van der Waals surface area contributed by atoms with Crippen LogP contribution in [0.4, 0.5) is 39.9 Å². The van der Waals surface area contributed by atoms with Crippen molar-refractivity contribution in [1.82, 2.24) is 10.2 Å². The van der Waals surface area contributed by atoms with E-state index in [1.807, 2.05) is 0 Å². The number of rotatable bonds is 2. The molecule has 1 aromatic heterocycles. The molecule has 1 aromatic rings. The fraction of sp³-hybridized carbons (Fsp3) is 0.500. The van der Waals surface area contributed by atoms with Crippen molar-refractivity contribution in [3.63, 3.8) is 0 Å². The van der Waals surface area contributed by atoms with Gasteiger partial charge in [0.05, 0.1) is 7.11 Å². The van der Waals surface area contributed by atoms with Crippen LogP contribution in [0.2, 0.25) is 0 Å². The van der Waals surface area contributed by atoms with Crippen LogP contribution in [0.5, 0.6) is 5.88 Å². The van der Waals surface area contributed by atoms with Crippen molar-refractivity contribution in [2.45, 2.75) is 18.3 Å². The van der Waals surface area contributed by atoms with E-state index < -0.39 is 41.6 Å². The second kappa shape index (κ2) is 5.04. The van der Waals surface area contributed by atoms with Gasteiger partial charge in [-0.3, -0.25) is 5.10 Å². The van der Waals surface area contributed by atoms with Gasteiger partial charge in [0, 0.05) is 0 Å². The molecular formula is C8H4F8N2O3. The minimum absolute atomic E-state index is 0.674. The zero-order chi connectivity index (χ0) is 16.6. The average molecular weight is 328 g/mol. The summed E-state index contributed by atoms with van der Waals surface area (Å²) in [6.07, 6.45) is -13.8. The molecule has 0 bridgehead atoms. The van der Waals surface area contributed by atoms with Gasteiger partial charge in [0.2, 0.25) is 0 Å². The van der Waals surface area contributed by atoms with Crippen molar-refractivity contribution in [3.8, 4) is 5.88 Å². The van der Waals surface area contributed by atoms with Crippen LogP contribution in [0.25, 0.3) is 0 Å². The summed E-state index contributed by atoms with van der Waals surface area (Å²) in [6.45, 7) is 0. The first-order valence-electron chi connectivity index (χ1n) is 4.68. The van der Waals surface area contributed by atoms with Gasteiger partial charge in [0.25, 0.3) is 5.88 Å². The second-order valence-electron chi connectivity index (χ2n) is 3.40. The van der Waals surface area contributed by atoms with Crippen molar-refractivity contribution in [2.75, 3.05) is 7.11 Å². The van der Waals surface area contributed by atoms with Crippen molar-refractivity contribution >= 4 is 6.16 Å². The lowest BCUT2D eigenvalue weighted by Gasteiger charge is -2.20. The number of nitrogens with zero attached hydrogens (tertiary/aromatic N) is 1. The molecule has 1 N–H and O–H groups in total. The lowest BCUT2D eigenvalue weighted by molar-refractivity contribution is -0.292. The number of hydrogen-bond acceptors (Lipinski definition) is 4. The molecule has 21 heavy (non-hydrogen) atoms. The highest BCUT2D eigenvalue weighted by molar-refractivity contribution is 5.63. The zero-order valence-corrected chi connectivity index (χ0v) is 9.70. The summed E-state index contributed by atoms with van der Waals surface area (Å²) in [5.41, 5.74) is -5.16. The molecule has 0 aliphatic carbocycles. The highest BCUT2D eigenvalue weighted by atomic mass is 19.4. The van der Waals surface area contributed by atoms with Crippen molar-refractivity contribution < 1.29 is 49.4 Å². The zero-order valence-electron chi connectivity index (χ0n) is 9.70. The maximum absolute atomic E-state index is 13.0. The van der Waals surface area contributed by atoms with Gasteiger partial charge in [-0.2, -0.15) is 35.1 Å². The Kier molecular flexibility index (Phi) is 4.07. The Hall–Kier alpha value is -2.08. The largest absolute Gasteiger partial charge is 0.514 e. The molecular weight excluding hydrogens is 324 g/mol. The van der Waals surface area contributed by atoms with Gasteiger partial charge >= 0.3 is 24.4 Å². The SMILES string of the molecule is COC(=O)Oc1n[nH]c(C(F)(F)C(F)(F)F)c1C(F)(F)F. The first-order chi connectivity index (χ1) is 9.32. The molecule has 0 aromatic carbocycles. The van der Waals surface area contributed by atoms with E-state index in [2.05, 4.69) is 14.6 Å². The minimum Gasteiger partial charge on any atom is -0.437 e. The number of halogens is 8. The normalized spacial score (nSPS) is 13.2. The first kappa shape index (κ1) is 17.0. The molecule has 5 nitrogen and oxygen atoms in total. The van der Waals surface area contributed by atoms with E-state index in [9.17, 15) is 39.9 Å². The van der Waals surface area contributed by atoms with E-state index in [0.717, 1.165) is 5.10 Å². The third-order valence-corrected chi connectivity index (χ3v) is 2.03. The molecule has 0 unspecified atom stereocenters. The molecule has 0 aliphatic rings. The topological polar surface area (TPSA) is 64.2 Å². The summed E-state index contributed by atoms with van der Waals surface area (Å²) in [7, 11) is 0.674. The van der Waals surface area contributed by atoms with E-state index in [1.54, 1.807) is 0 Å². The Bertz CT molecular complexity index is 533. The molecule has 0 fully saturated rings. The Balaban J connectivity index is 3.46. The Labute approximate surface area is 109 Å². The van der Waals surface area contributed by atoms with Gasteiger partial charge in [0.15, 0.2) is 0 Å². The van der Waals surface area contributed by atoms with Crippen LogP contribution in [0.15, 0.2) is 0 Å². The third kappa shape index (κ3) is 3.16. The number of alkyl halides is 8. The lowest BCUT2D eigenvalue weighted by atomic mass is 10.1. The van der Waals surface area contributed by atoms with Crippen LogP contribution in [0.1, 0.15) is 11.3 Å². The standard InChI is InChI=1S/C8H4F8N2O3/c1-20-5(19)21-4-2(7(11,12)13)3(17-18-4)6(9,10)8(14,15)16/h1H3,(H,17,18). The molecule has 0 spiro atoms. The fourth-order valence-electron chi connectivity index (χ4n) is 1.15. The van der Waals surface area contributed by atoms with Gasteiger partial charge in [-0.1, -0.05) is 0 Å². The predicted molar refractivity (Wildman–Crippen MR) is 46.6 cm³/mol. The minimum atomic E-state index is -6.32. The van der Waals surface area contributed by atoms with Crippen LogP contribution >= 0.6 is 0 Å². The molecule has 120 valence electrons. The van der Waals surface area contributed by atoms with Gasteiger partial charge in [-0.15, -0.1) is 5.10 Å². The smallest absolute Gasteiger partial charge is 0.437 e. The first-order valence-corrected chi connectivity index (χ1v) is 4.68. The van der Waals surface area contributed by atoms with Crippen molar-refractivity contribution in [2.24, 2.45) is 0 Å². The van der Waals surface area contributed by atoms with E-state index in [-0.39, 0.29) is 0 Å². The number of aromatic amines is 1. The predicted octanol–water partition coefficient (Wildman–Crippen LogP) is 3.23. The molecule has 0 radical (unpaired) electrons. The van der Waals surface area contributed by atoms with E-state index >= 15 is 0 Å². The molecule has 0 aliphatic heterocycles. The molecule has 0 saturated carbocycles. The van der Waals surface area contributed by atoms with Crippen molar-refractivity contribution in [1.29, 1.82) is 0 Å². The Morgan fingerprint density at radius 1 is 1.10 bits per heavy atom. The fourth-order valence-corrected chi connectivity index (χ4v) is 1.15. The summed E-state index contributed by atoms with van der Waals surface area (Å²) in [5.74, 6) is -7.70.